The van der Waals surface area contributed by atoms with Crippen molar-refractivity contribution in [1.82, 2.24) is 0 Å². The minimum Gasteiger partial charge on any atom is -0.166 e. The van der Waals surface area contributed by atoms with Crippen LogP contribution in [0.15, 0.2) is 35.5 Å². The highest BCUT2D eigenvalue weighted by atomic mass is 19.4. The van der Waals surface area contributed by atoms with Crippen molar-refractivity contribution in [1.29, 1.82) is 0 Å². The lowest BCUT2D eigenvalue weighted by atomic mass is 10.1. The fourth-order valence-electron chi connectivity index (χ4n) is 0.956. The number of rotatable bonds is 2. The molecule has 0 nitrogen and oxygen atoms in total. The molecule has 0 rings (SSSR count). The summed E-state index contributed by atoms with van der Waals surface area (Å²) in [5, 5.41) is 0. The molecule has 0 heterocycles. The van der Waals surface area contributed by atoms with Gasteiger partial charge in [-0.25, -0.2) is 0 Å². The van der Waals surface area contributed by atoms with E-state index in [1.807, 2.05) is 0 Å². The monoisotopic (exact) mass is 190 g/mol. The van der Waals surface area contributed by atoms with Gasteiger partial charge in [-0.3, -0.25) is 0 Å². The lowest BCUT2D eigenvalue weighted by molar-refractivity contribution is -0.0887. The van der Waals surface area contributed by atoms with E-state index in [0.717, 1.165) is 6.08 Å². The van der Waals surface area contributed by atoms with Gasteiger partial charge < -0.3 is 0 Å². The van der Waals surface area contributed by atoms with E-state index in [-0.39, 0.29) is 5.57 Å². The van der Waals surface area contributed by atoms with Crippen LogP contribution in [0.25, 0.3) is 0 Å². The van der Waals surface area contributed by atoms with Gasteiger partial charge in [0.25, 0.3) is 0 Å². The normalized spacial score (nSPS) is 15.5. The Morgan fingerprint density at radius 3 is 1.77 bits per heavy atom. The molecule has 3 heteroatoms. The smallest absolute Gasteiger partial charge is 0.166 e. The zero-order chi connectivity index (χ0) is 10.5. The van der Waals surface area contributed by atoms with Gasteiger partial charge in [-0.05, 0) is 26.3 Å². The molecule has 0 fully saturated rings. The molecule has 0 spiro atoms. The quantitative estimate of drug-likeness (QED) is 0.577. The second-order valence-corrected chi connectivity index (χ2v) is 2.59. The van der Waals surface area contributed by atoms with Crippen molar-refractivity contribution in [2.75, 3.05) is 0 Å². The standard InChI is InChI=1S/C10H13F3/c1-4-6-8(3)9(7-5-2)10(11,12)13/h4-7H,1-3H3/b6-4-,7-5-,9-8+. The van der Waals surface area contributed by atoms with E-state index in [2.05, 4.69) is 0 Å². The maximum absolute atomic E-state index is 12.3. The molecule has 0 amide bonds. The summed E-state index contributed by atoms with van der Waals surface area (Å²) in [5.74, 6) is 0. The number of allylic oxidation sites excluding steroid dienone is 6. The Hall–Kier alpha value is -0.990. The highest BCUT2D eigenvalue weighted by molar-refractivity contribution is 5.34. The minimum atomic E-state index is -4.27. The van der Waals surface area contributed by atoms with Crippen LogP contribution < -0.4 is 0 Å². The zero-order valence-corrected chi connectivity index (χ0v) is 7.94. The van der Waals surface area contributed by atoms with E-state index < -0.39 is 11.7 Å². The summed E-state index contributed by atoms with van der Waals surface area (Å²) in [4.78, 5) is 0. The van der Waals surface area contributed by atoms with E-state index in [4.69, 9.17) is 0 Å². The van der Waals surface area contributed by atoms with Crippen LogP contribution in [0.3, 0.4) is 0 Å². The molecule has 0 aromatic carbocycles. The molecule has 0 aromatic heterocycles. The molecule has 0 aliphatic heterocycles. The predicted octanol–water partition coefficient (Wildman–Crippen LogP) is 4.02. The Bertz CT molecular complexity index is 241. The molecule has 74 valence electrons. The second kappa shape index (κ2) is 4.90. The molecular formula is C10H13F3. The van der Waals surface area contributed by atoms with Gasteiger partial charge in [0.2, 0.25) is 0 Å². The van der Waals surface area contributed by atoms with Crippen molar-refractivity contribution in [3.63, 3.8) is 0 Å². The molecule has 0 unspecified atom stereocenters. The Morgan fingerprint density at radius 1 is 1.00 bits per heavy atom. The molecule has 0 atom stereocenters. The summed E-state index contributed by atoms with van der Waals surface area (Å²) in [6.07, 6.45) is 1.23. The number of hydrogen-bond donors (Lipinski definition) is 0. The maximum atomic E-state index is 12.3. The van der Waals surface area contributed by atoms with Crippen LogP contribution in [0.5, 0.6) is 0 Å². The van der Waals surface area contributed by atoms with Gasteiger partial charge in [-0.15, -0.1) is 0 Å². The summed E-state index contributed by atoms with van der Waals surface area (Å²) in [7, 11) is 0. The van der Waals surface area contributed by atoms with Crippen LogP contribution >= 0.6 is 0 Å². The Labute approximate surface area is 76.5 Å². The molecule has 0 radical (unpaired) electrons. The van der Waals surface area contributed by atoms with Gasteiger partial charge in [0.1, 0.15) is 0 Å². The molecule has 0 aliphatic carbocycles. The number of alkyl halides is 3. The van der Waals surface area contributed by atoms with Crippen LogP contribution in [0.2, 0.25) is 0 Å². The third kappa shape index (κ3) is 3.97. The highest BCUT2D eigenvalue weighted by Crippen LogP contribution is 2.29. The first-order chi connectivity index (χ1) is 5.93. The van der Waals surface area contributed by atoms with Crippen LogP contribution in [0, 0.1) is 0 Å². The van der Waals surface area contributed by atoms with Crippen LogP contribution in [0.1, 0.15) is 20.8 Å². The average Bonchev–Trinajstić information content (AvgIpc) is 1.98. The van der Waals surface area contributed by atoms with E-state index in [1.54, 1.807) is 19.9 Å². The van der Waals surface area contributed by atoms with Crippen molar-refractivity contribution in [3.8, 4) is 0 Å². The highest BCUT2D eigenvalue weighted by Gasteiger charge is 2.32. The molecule has 0 bridgehead atoms. The van der Waals surface area contributed by atoms with Crippen molar-refractivity contribution in [2.45, 2.75) is 26.9 Å². The fraction of sp³-hybridized carbons (Fsp3) is 0.400. The first-order valence-corrected chi connectivity index (χ1v) is 3.97. The Balaban J connectivity index is 5.12. The topological polar surface area (TPSA) is 0 Å². The first kappa shape index (κ1) is 12.0. The van der Waals surface area contributed by atoms with Gasteiger partial charge in [0, 0.05) is 0 Å². The van der Waals surface area contributed by atoms with E-state index in [1.165, 1.54) is 19.1 Å². The van der Waals surface area contributed by atoms with Crippen molar-refractivity contribution >= 4 is 0 Å². The molecule has 0 N–H and O–H groups in total. The molecule has 0 aliphatic rings. The summed E-state index contributed by atoms with van der Waals surface area (Å²) in [6, 6.07) is 0. The number of hydrogen-bond acceptors (Lipinski definition) is 0. The summed E-state index contributed by atoms with van der Waals surface area (Å²) >= 11 is 0. The second-order valence-electron chi connectivity index (χ2n) is 2.59. The van der Waals surface area contributed by atoms with Gasteiger partial charge in [-0.1, -0.05) is 24.3 Å². The van der Waals surface area contributed by atoms with Crippen LogP contribution in [0.4, 0.5) is 13.2 Å². The maximum Gasteiger partial charge on any atom is 0.416 e. The van der Waals surface area contributed by atoms with Gasteiger partial charge >= 0.3 is 6.18 Å². The third-order valence-corrected chi connectivity index (χ3v) is 1.48. The predicted molar refractivity (Wildman–Crippen MR) is 48.4 cm³/mol. The minimum absolute atomic E-state index is 0.230. The lowest BCUT2D eigenvalue weighted by Gasteiger charge is -2.09. The van der Waals surface area contributed by atoms with Crippen molar-refractivity contribution in [2.24, 2.45) is 0 Å². The molecule has 0 saturated carbocycles. The average molecular weight is 190 g/mol. The van der Waals surface area contributed by atoms with Crippen molar-refractivity contribution < 1.29 is 13.2 Å². The summed E-state index contributed by atoms with van der Waals surface area (Å²) in [6.45, 7) is 4.70. The Morgan fingerprint density at radius 2 is 1.46 bits per heavy atom. The lowest BCUT2D eigenvalue weighted by Crippen LogP contribution is -2.11. The fourth-order valence-corrected chi connectivity index (χ4v) is 0.956. The zero-order valence-electron chi connectivity index (χ0n) is 7.94. The molecule has 0 aromatic rings. The SMILES string of the molecule is C\C=C/C(C)=C(\C=C/C)C(F)(F)F. The van der Waals surface area contributed by atoms with Gasteiger partial charge in [0.15, 0.2) is 0 Å². The van der Waals surface area contributed by atoms with Crippen LogP contribution in [-0.4, -0.2) is 6.18 Å². The summed E-state index contributed by atoms with van der Waals surface area (Å²) < 4.78 is 37.0. The largest absolute Gasteiger partial charge is 0.416 e. The van der Waals surface area contributed by atoms with Gasteiger partial charge in [0.05, 0.1) is 5.57 Å². The van der Waals surface area contributed by atoms with Crippen LogP contribution in [-0.2, 0) is 0 Å². The van der Waals surface area contributed by atoms with Gasteiger partial charge in [-0.2, -0.15) is 13.2 Å². The molecular weight excluding hydrogens is 177 g/mol. The third-order valence-electron chi connectivity index (χ3n) is 1.48. The summed E-state index contributed by atoms with van der Waals surface area (Å²) in [5.41, 5.74) is -0.360. The van der Waals surface area contributed by atoms with E-state index in [0.29, 0.717) is 0 Å². The van der Waals surface area contributed by atoms with E-state index >= 15 is 0 Å². The first-order valence-electron chi connectivity index (χ1n) is 3.97. The molecule has 13 heavy (non-hydrogen) atoms. The van der Waals surface area contributed by atoms with Crippen molar-refractivity contribution in [3.05, 3.63) is 35.5 Å². The Kier molecular flexibility index (Phi) is 4.52. The molecule has 0 saturated heterocycles. The number of halogens is 3. The van der Waals surface area contributed by atoms with E-state index in [9.17, 15) is 13.2 Å².